The van der Waals surface area contributed by atoms with Gasteiger partial charge in [0.25, 0.3) is 5.91 Å². The van der Waals surface area contributed by atoms with E-state index in [2.05, 4.69) is 4.90 Å². The van der Waals surface area contributed by atoms with Crippen LogP contribution in [0, 0.1) is 11.8 Å². The number of benzene rings is 1. The monoisotopic (exact) mass is 569 g/mol. The van der Waals surface area contributed by atoms with Crippen molar-refractivity contribution in [3.05, 3.63) is 52.0 Å². The second-order valence-corrected chi connectivity index (χ2v) is 11.6. The molecule has 12 heteroatoms. The number of hydrogen-bond donors (Lipinski definition) is 5. The largest absolute Gasteiger partial charge is 0.510 e. The van der Waals surface area contributed by atoms with Gasteiger partial charge in [-0.3, -0.25) is 24.1 Å². The zero-order valence-electron chi connectivity index (χ0n) is 23.2. The minimum atomic E-state index is -2.95. The van der Waals surface area contributed by atoms with Crippen molar-refractivity contribution >= 4 is 23.4 Å². The van der Waals surface area contributed by atoms with Crippen LogP contribution < -0.4 is 5.73 Å². The Morgan fingerprint density at radius 3 is 2.41 bits per heavy atom. The number of likely N-dealkylation sites (tertiary alicyclic amines) is 1. The predicted octanol–water partition coefficient (Wildman–Crippen LogP) is 0.689. The van der Waals surface area contributed by atoms with E-state index in [9.17, 15) is 39.6 Å². The first-order chi connectivity index (χ1) is 19.3. The lowest BCUT2D eigenvalue weighted by molar-refractivity contribution is -0.181. The van der Waals surface area contributed by atoms with Crippen LogP contribution in [0.4, 0.5) is 0 Å². The Kier molecular flexibility index (Phi) is 7.21. The third-order valence-corrected chi connectivity index (χ3v) is 9.07. The van der Waals surface area contributed by atoms with Crippen LogP contribution in [0.1, 0.15) is 48.0 Å². The topological polar surface area (TPSA) is 191 Å². The number of ether oxygens (including phenoxy) is 1. The number of fused-ring (bicyclic) bond motifs is 3. The molecule has 1 aromatic carbocycles. The highest BCUT2D eigenvalue weighted by molar-refractivity contribution is 6.25. The van der Waals surface area contributed by atoms with Gasteiger partial charge in [-0.25, -0.2) is 0 Å². The first-order valence-corrected chi connectivity index (χ1v) is 13.7. The maximum Gasteiger partial charge on any atom is 0.307 e. The number of rotatable bonds is 6. The van der Waals surface area contributed by atoms with Crippen molar-refractivity contribution < 1.29 is 44.3 Å². The van der Waals surface area contributed by atoms with Crippen molar-refractivity contribution in [3.63, 3.8) is 0 Å². The van der Waals surface area contributed by atoms with Gasteiger partial charge < -0.3 is 35.8 Å². The van der Waals surface area contributed by atoms with E-state index in [4.69, 9.17) is 10.5 Å². The number of aromatic hydroxyl groups is 1. The first-order valence-electron chi connectivity index (χ1n) is 13.7. The van der Waals surface area contributed by atoms with Gasteiger partial charge >= 0.3 is 5.97 Å². The highest BCUT2D eigenvalue weighted by Crippen LogP contribution is 2.56. The number of Topliss-reactive ketones (excluding diaryl/α,β-unsaturated/α-hetero) is 2. The van der Waals surface area contributed by atoms with Gasteiger partial charge in [0.1, 0.15) is 28.9 Å². The summed E-state index contributed by atoms with van der Waals surface area (Å²) in [6, 6.07) is 3.19. The number of phenols is 1. The minimum Gasteiger partial charge on any atom is -0.510 e. The molecule has 5 rings (SSSR count). The number of hydrogen-bond acceptors (Lipinski definition) is 11. The molecule has 12 nitrogen and oxygen atoms in total. The Labute approximate surface area is 236 Å². The molecule has 6 N–H and O–H groups in total. The number of aliphatic hydroxyl groups is 3. The molecule has 0 radical (unpaired) electrons. The van der Waals surface area contributed by atoms with Gasteiger partial charge in [-0.15, -0.1) is 0 Å². The number of carbonyl (C=O) groups is 4. The molecule has 0 saturated carbocycles. The molecule has 1 heterocycles. The van der Waals surface area contributed by atoms with E-state index in [0.29, 0.717) is 12.1 Å². The van der Waals surface area contributed by atoms with Crippen LogP contribution in [-0.4, -0.2) is 105 Å². The summed E-state index contributed by atoms with van der Waals surface area (Å²) >= 11 is 0. The van der Waals surface area contributed by atoms with Gasteiger partial charge in [0.2, 0.25) is 5.78 Å². The molecule has 4 aliphatic rings. The highest BCUT2D eigenvalue weighted by atomic mass is 16.5. The Morgan fingerprint density at radius 1 is 1.15 bits per heavy atom. The Hall–Kier alpha value is -3.74. The molecule has 1 amide bonds. The number of phenolic OH excluding ortho intramolecular Hbond substituents is 1. The summed E-state index contributed by atoms with van der Waals surface area (Å²) in [4.78, 5) is 56.8. The molecule has 3 aliphatic carbocycles. The summed E-state index contributed by atoms with van der Waals surface area (Å²) in [5, 5.41) is 45.4. The maximum atomic E-state index is 13.9. The summed E-state index contributed by atoms with van der Waals surface area (Å²) in [6.45, 7) is 3.84. The van der Waals surface area contributed by atoms with E-state index in [0.717, 1.165) is 25.9 Å². The van der Waals surface area contributed by atoms with Crippen molar-refractivity contribution in [1.82, 2.24) is 9.80 Å². The summed E-state index contributed by atoms with van der Waals surface area (Å²) in [5.41, 5.74) is 1.46. The molecule has 41 heavy (non-hydrogen) atoms. The second-order valence-electron chi connectivity index (χ2n) is 11.6. The predicted molar refractivity (Wildman–Crippen MR) is 144 cm³/mol. The number of nitrogens with two attached hydrogens (primary N) is 1. The van der Waals surface area contributed by atoms with Gasteiger partial charge in [-0.1, -0.05) is 19.1 Å². The van der Waals surface area contributed by atoms with Crippen molar-refractivity contribution in [2.45, 2.75) is 49.9 Å². The number of aliphatic hydroxyl groups excluding tert-OH is 2. The number of likely N-dealkylation sites (N-methyl/N-ethyl adjacent to an activating group) is 1. The first kappa shape index (κ1) is 28.8. The minimum absolute atomic E-state index is 0.00592. The average molecular weight is 570 g/mol. The summed E-state index contributed by atoms with van der Waals surface area (Å²) < 4.78 is 6.03. The molecule has 1 aliphatic heterocycles. The van der Waals surface area contributed by atoms with E-state index in [-0.39, 0.29) is 17.7 Å². The number of primary amides is 1. The van der Waals surface area contributed by atoms with E-state index < -0.39 is 81.6 Å². The van der Waals surface area contributed by atoms with Gasteiger partial charge in [-0.2, -0.15) is 0 Å². The summed E-state index contributed by atoms with van der Waals surface area (Å²) in [5.74, 6) is -9.58. The molecule has 0 aromatic heterocycles. The lowest BCUT2D eigenvalue weighted by Gasteiger charge is -2.54. The van der Waals surface area contributed by atoms with Crippen molar-refractivity contribution in [2.75, 3.05) is 33.7 Å². The maximum absolute atomic E-state index is 13.9. The number of esters is 1. The quantitative estimate of drug-likeness (QED) is 0.239. The van der Waals surface area contributed by atoms with E-state index in [1.165, 1.54) is 25.1 Å². The molecule has 6 unspecified atom stereocenters. The zero-order valence-corrected chi connectivity index (χ0v) is 23.2. The number of ketones is 2. The number of nitrogens with zero attached hydrogens (tertiary/aromatic N) is 2. The molecule has 0 bridgehead atoms. The lowest BCUT2D eigenvalue weighted by Crippen LogP contribution is -2.69. The van der Waals surface area contributed by atoms with Gasteiger partial charge in [-0.05, 0) is 57.6 Å². The third kappa shape index (κ3) is 4.23. The Balaban J connectivity index is 1.71. The van der Waals surface area contributed by atoms with Crippen LogP contribution in [0.5, 0.6) is 5.75 Å². The molecule has 1 fully saturated rings. The van der Waals surface area contributed by atoms with Crippen LogP contribution in [0.2, 0.25) is 0 Å². The molecule has 0 spiro atoms. The second kappa shape index (κ2) is 10.3. The average Bonchev–Trinajstić information content (AvgIpc) is 3.42. The molecule has 1 aromatic rings. The van der Waals surface area contributed by atoms with Gasteiger partial charge in [0.05, 0.1) is 23.9 Å². The smallest absolute Gasteiger partial charge is 0.307 e. The molecular weight excluding hydrogens is 534 g/mol. The van der Waals surface area contributed by atoms with Crippen LogP contribution in [0.25, 0.3) is 0 Å². The van der Waals surface area contributed by atoms with Crippen LogP contribution >= 0.6 is 0 Å². The Bertz CT molecular complexity index is 1390. The normalized spacial score (nSPS) is 31.7. The van der Waals surface area contributed by atoms with Crippen molar-refractivity contribution in [2.24, 2.45) is 17.6 Å². The fourth-order valence-electron chi connectivity index (χ4n) is 7.16. The standard InChI is InChI=1S/C29H35N3O9/c1-13-14-7-6-8-15(33)18(14)23(35)19-17(13)25(41-16(34)9-12-32-10-4-5-11-32)21-22(31(2)3)24(36)20(28(30)39)27(38)29(21,40)26(19)37/h6-8,13,17,21-22,25,33,36-37,40H,4-5,9-12H2,1-3H3,(H2,30,39). The molecule has 1 saturated heterocycles. The van der Waals surface area contributed by atoms with Crippen molar-refractivity contribution in [3.8, 4) is 5.75 Å². The summed E-state index contributed by atoms with van der Waals surface area (Å²) in [6.07, 6.45) is 0.636. The van der Waals surface area contributed by atoms with Gasteiger partial charge in [0, 0.05) is 18.0 Å². The number of amides is 1. The zero-order chi connectivity index (χ0) is 30.0. The molecule has 6 atom stereocenters. The van der Waals surface area contributed by atoms with Gasteiger partial charge in [0.15, 0.2) is 11.4 Å². The third-order valence-electron chi connectivity index (χ3n) is 9.07. The fraction of sp³-hybridized carbons (Fsp3) is 0.517. The number of carbonyl (C=O) groups excluding carboxylic acids is 4. The Morgan fingerprint density at radius 2 is 1.80 bits per heavy atom. The fourth-order valence-corrected chi connectivity index (χ4v) is 7.16. The van der Waals surface area contributed by atoms with E-state index in [1.54, 1.807) is 19.1 Å². The van der Waals surface area contributed by atoms with E-state index in [1.807, 2.05) is 0 Å². The lowest BCUT2D eigenvalue weighted by atomic mass is 9.55. The summed E-state index contributed by atoms with van der Waals surface area (Å²) in [7, 11) is 3.03. The van der Waals surface area contributed by atoms with Crippen molar-refractivity contribution in [1.29, 1.82) is 0 Å². The van der Waals surface area contributed by atoms with Crippen LogP contribution in [-0.2, 0) is 19.1 Å². The highest BCUT2D eigenvalue weighted by Gasteiger charge is 2.68. The molecular formula is C29H35N3O9. The van der Waals surface area contributed by atoms with E-state index >= 15 is 0 Å². The van der Waals surface area contributed by atoms with Crippen LogP contribution in [0.15, 0.2) is 40.9 Å². The van der Waals surface area contributed by atoms with Crippen LogP contribution in [0.3, 0.4) is 0 Å². The molecule has 220 valence electrons. The SMILES string of the molecule is CC1c2cccc(O)c2C(=O)C2=C(O)C3(O)C(=O)C(C(N)=O)=C(O)C(N(C)C)C3C(OC(=O)CCN3CCCC3)C21.